The maximum atomic E-state index is 14.3. The van der Waals surface area contributed by atoms with Gasteiger partial charge < -0.3 is 0 Å². The van der Waals surface area contributed by atoms with E-state index in [1.165, 1.54) is 16.7 Å². The van der Waals surface area contributed by atoms with Gasteiger partial charge in [0.1, 0.15) is 5.78 Å². The number of carbonyl (C=O) groups is 1. The smallest absolute Gasteiger partial charge is 0.148 e. The second-order valence-electron chi connectivity index (χ2n) is 9.74. The summed E-state index contributed by atoms with van der Waals surface area (Å²) in [4.78, 5) is 14.3. The predicted octanol–water partition coefficient (Wildman–Crippen LogP) is 8.12. The third kappa shape index (κ3) is 3.70. The highest BCUT2D eigenvalue weighted by atomic mass is 16.1. The average molecular weight is 445 g/mol. The van der Waals surface area contributed by atoms with Crippen LogP contribution in [-0.2, 0) is 4.79 Å². The number of hydrogen-bond donors (Lipinski definition) is 0. The molecule has 1 saturated carbocycles. The Kier molecular flexibility index (Phi) is 6.20. The number of carbonyl (C=O) groups excluding carboxylic acids is 1. The Balaban J connectivity index is 1.70. The predicted molar refractivity (Wildman–Crippen MR) is 140 cm³/mol. The molecule has 0 amide bonds. The summed E-state index contributed by atoms with van der Waals surface area (Å²) >= 11 is 0. The van der Waals surface area contributed by atoms with Gasteiger partial charge in [-0.25, -0.2) is 0 Å². The molecule has 5 rings (SSSR count). The standard InChI is InChI=1S/C33H32O/c1-3-28(24-16-8-4-9-17-24)30(26-20-12-6-13-21-26)33(2)31(27-22-14-7-15-23-27)29(32(33)34)25-18-10-5-11-19-25/h4-23,28-31H,3H2,1-2H3. The number of Topliss-reactive ketones (excluding diaryl/α,β-unsaturated/α-hetero) is 1. The van der Waals surface area contributed by atoms with Gasteiger partial charge in [-0.05, 0) is 34.6 Å². The van der Waals surface area contributed by atoms with Crippen molar-refractivity contribution in [2.24, 2.45) is 5.41 Å². The van der Waals surface area contributed by atoms with Gasteiger partial charge >= 0.3 is 0 Å². The van der Waals surface area contributed by atoms with Gasteiger partial charge in [0, 0.05) is 17.3 Å². The van der Waals surface area contributed by atoms with Crippen molar-refractivity contribution in [1.82, 2.24) is 0 Å². The van der Waals surface area contributed by atoms with Gasteiger partial charge in [0.2, 0.25) is 0 Å². The van der Waals surface area contributed by atoms with Crippen LogP contribution in [0.3, 0.4) is 0 Å². The molecule has 1 aliphatic rings. The van der Waals surface area contributed by atoms with E-state index in [4.69, 9.17) is 0 Å². The second-order valence-corrected chi connectivity index (χ2v) is 9.74. The molecule has 1 fully saturated rings. The quantitative estimate of drug-likeness (QED) is 0.281. The van der Waals surface area contributed by atoms with Crippen LogP contribution in [0.2, 0.25) is 0 Å². The Labute approximate surface area is 203 Å². The molecule has 34 heavy (non-hydrogen) atoms. The van der Waals surface area contributed by atoms with Crippen LogP contribution in [0.1, 0.15) is 66.2 Å². The molecule has 5 unspecified atom stereocenters. The van der Waals surface area contributed by atoms with Gasteiger partial charge in [-0.3, -0.25) is 4.79 Å². The van der Waals surface area contributed by atoms with Crippen LogP contribution < -0.4 is 0 Å². The number of rotatable bonds is 7. The molecule has 0 heterocycles. The Hall–Kier alpha value is -3.45. The second kappa shape index (κ2) is 9.43. The summed E-state index contributed by atoms with van der Waals surface area (Å²) in [5, 5.41) is 0. The zero-order valence-electron chi connectivity index (χ0n) is 20.0. The van der Waals surface area contributed by atoms with Gasteiger partial charge in [0.15, 0.2) is 0 Å². The van der Waals surface area contributed by atoms with Crippen molar-refractivity contribution in [3.05, 3.63) is 144 Å². The van der Waals surface area contributed by atoms with Crippen molar-refractivity contribution in [2.75, 3.05) is 0 Å². The summed E-state index contributed by atoms with van der Waals surface area (Å²) in [6, 6.07) is 42.5. The van der Waals surface area contributed by atoms with Crippen LogP contribution in [0, 0.1) is 5.41 Å². The van der Waals surface area contributed by atoms with Gasteiger partial charge in [-0.15, -0.1) is 0 Å². The Bertz CT molecular complexity index is 1220. The molecular formula is C33H32O. The minimum Gasteiger partial charge on any atom is -0.298 e. The third-order valence-electron chi connectivity index (χ3n) is 7.98. The first-order valence-corrected chi connectivity index (χ1v) is 12.4. The molecular weight excluding hydrogens is 412 g/mol. The van der Waals surface area contributed by atoms with E-state index in [-0.39, 0.29) is 23.7 Å². The fourth-order valence-corrected chi connectivity index (χ4v) is 6.46. The highest BCUT2D eigenvalue weighted by Crippen LogP contribution is 2.66. The molecule has 4 aromatic carbocycles. The first kappa shape index (κ1) is 22.3. The van der Waals surface area contributed by atoms with E-state index in [0.717, 1.165) is 12.0 Å². The molecule has 0 saturated heterocycles. The number of hydrogen-bond acceptors (Lipinski definition) is 1. The lowest BCUT2D eigenvalue weighted by molar-refractivity contribution is -0.146. The van der Waals surface area contributed by atoms with Crippen LogP contribution in [0.15, 0.2) is 121 Å². The SMILES string of the molecule is CCC(c1ccccc1)C(c1ccccc1)C1(C)C(=O)C(c2ccccc2)C1c1ccccc1. The molecule has 1 aliphatic carbocycles. The van der Waals surface area contributed by atoms with Crippen molar-refractivity contribution < 1.29 is 4.79 Å². The van der Waals surface area contributed by atoms with Gasteiger partial charge in [0.25, 0.3) is 0 Å². The molecule has 4 aromatic rings. The first-order chi connectivity index (χ1) is 16.7. The molecule has 0 N–H and O–H groups in total. The topological polar surface area (TPSA) is 17.1 Å². The maximum absolute atomic E-state index is 14.3. The average Bonchev–Trinajstić information content (AvgIpc) is 2.91. The van der Waals surface area contributed by atoms with Gasteiger partial charge in [-0.2, -0.15) is 0 Å². The summed E-state index contributed by atoms with van der Waals surface area (Å²) in [6.45, 7) is 4.49. The summed E-state index contributed by atoms with van der Waals surface area (Å²) < 4.78 is 0. The molecule has 0 spiro atoms. The molecule has 1 nitrogen and oxygen atoms in total. The van der Waals surface area contributed by atoms with Crippen LogP contribution in [-0.4, -0.2) is 5.78 Å². The molecule has 0 aliphatic heterocycles. The number of benzene rings is 4. The summed E-state index contributed by atoms with van der Waals surface area (Å²) in [5.41, 5.74) is 4.42. The minimum atomic E-state index is -0.514. The third-order valence-corrected chi connectivity index (χ3v) is 7.98. The first-order valence-electron chi connectivity index (χ1n) is 12.4. The summed E-state index contributed by atoms with van der Waals surface area (Å²) in [6.07, 6.45) is 0.976. The zero-order valence-corrected chi connectivity index (χ0v) is 20.0. The molecule has 0 radical (unpaired) electrons. The van der Waals surface area contributed by atoms with Crippen LogP contribution in [0.5, 0.6) is 0 Å². The van der Waals surface area contributed by atoms with Crippen molar-refractivity contribution in [3.63, 3.8) is 0 Å². The van der Waals surface area contributed by atoms with E-state index >= 15 is 0 Å². The van der Waals surface area contributed by atoms with Crippen LogP contribution in [0.4, 0.5) is 0 Å². The lowest BCUT2D eigenvalue weighted by atomic mass is 9.43. The van der Waals surface area contributed by atoms with Crippen molar-refractivity contribution in [2.45, 2.75) is 43.9 Å². The fraction of sp³-hybridized carbons (Fsp3) is 0.242. The lowest BCUT2D eigenvalue weighted by Gasteiger charge is -2.57. The minimum absolute atomic E-state index is 0.0822. The molecule has 5 atom stereocenters. The Morgan fingerprint density at radius 3 is 1.59 bits per heavy atom. The summed E-state index contributed by atoms with van der Waals surface area (Å²) in [5.74, 6) is 0.690. The highest BCUT2D eigenvalue weighted by Gasteiger charge is 2.64. The van der Waals surface area contributed by atoms with Gasteiger partial charge in [0.05, 0.1) is 5.92 Å². The molecule has 0 bridgehead atoms. The maximum Gasteiger partial charge on any atom is 0.148 e. The number of ketones is 1. The fourth-order valence-electron chi connectivity index (χ4n) is 6.46. The van der Waals surface area contributed by atoms with Gasteiger partial charge in [-0.1, -0.05) is 135 Å². The van der Waals surface area contributed by atoms with Crippen LogP contribution in [0.25, 0.3) is 0 Å². The van der Waals surface area contributed by atoms with Crippen molar-refractivity contribution in [3.8, 4) is 0 Å². The Morgan fingerprint density at radius 1 is 0.647 bits per heavy atom. The van der Waals surface area contributed by atoms with Crippen molar-refractivity contribution in [1.29, 1.82) is 0 Å². The van der Waals surface area contributed by atoms with E-state index in [0.29, 0.717) is 5.78 Å². The largest absolute Gasteiger partial charge is 0.298 e. The van der Waals surface area contributed by atoms with E-state index in [2.05, 4.69) is 117 Å². The van der Waals surface area contributed by atoms with E-state index in [1.807, 2.05) is 18.2 Å². The highest BCUT2D eigenvalue weighted by molar-refractivity contribution is 6.01. The Morgan fingerprint density at radius 2 is 1.09 bits per heavy atom. The van der Waals surface area contributed by atoms with Crippen molar-refractivity contribution >= 4 is 5.78 Å². The molecule has 170 valence electrons. The van der Waals surface area contributed by atoms with E-state index in [1.54, 1.807) is 0 Å². The summed E-state index contributed by atoms with van der Waals surface area (Å²) in [7, 11) is 0. The lowest BCUT2D eigenvalue weighted by Crippen LogP contribution is -2.57. The zero-order chi connectivity index (χ0) is 23.5. The molecule has 0 aromatic heterocycles. The van der Waals surface area contributed by atoms with Crippen LogP contribution >= 0.6 is 0 Å². The molecule has 1 heteroatoms. The normalized spacial score (nSPS) is 23.6. The van der Waals surface area contributed by atoms with E-state index in [9.17, 15) is 4.79 Å². The monoisotopic (exact) mass is 444 g/mol. The van der Waals surface area contributed by atoms with E-state index < -0.39 is 5.41 Å².